The first-order valence-electron chi connectivity index (χ1n) is 7.02. The molecule has 1 unspecified atom stereocenters. The van der Waals surface area contributed by atoms with Crippen molar-refractivity contribution >= 4 is 46.4 Å². The Balaban J connectivity index is 1.60. The number of amides is 1. The van der Waals surface area contributed by atoms with Gasteiger partial charge >= 0.3 is 0 Å². The maximum atomic E-state index is 12.2. The minimum absolute atomic E-state index is 0.0824. The number of carbonyl (C=O) groups excluding carboxylic acids is 2. The van der Waals surface area contributed by atoms with Crippen LogP contribution in [-0.2, 0) is 4.79 Å². The Morgan fingerprint density at radius 1 is 1.33 bits per heavy atom. The van der Waals surface area contributed by atoms with E-state index in [1.165, 1.54) is 24.2 Å². The lowest BCUT2D eigenvalue weighted by molar-refractivity contribution is -0.118. The van der Waals surface area contributed by atoms with Crippen LogP contribution >= 0.6 is 23.4 Å². The van der Waals surface area contributed by atoms with Gasteiger partial charge < -0.3 is 9.73 Å². The zero-order chi connectivity index (χ0) is 16.9. The van der Waals surface area contributed by atoms with E-state index in [1.54, 1.807) is 36.4 Å². The lowest BCUT2D eigenvalue weighted by atomic mass is 10.1. The third kappa shape index (κ3) is 4.12. The van der Waals surface area contributed by atoms with E-state index in [0.717, 1.165) is 0 Å². The molecule has 6 nitrogen and oxygen atoms in total. The summed E-state index contributed by atoms with van der Waals surface area (Å²) >= 11 is 6.98. The van der Waals surface area contributed by atoms with E-state index >= 15 is 0 Å². The Morgan fingerprint density at radius 3 is 2.83 bits per heavy atom. The van der Waals surface area contributed by atoms with Gasteiger partial charge in [-0.15, -0.1) is 5.10 Å². The third-order valence-corrected chi connectivity index (χ3v) is 4.51. The first-order valence-corrected chi connectivity index (χ1v) is 8.28. The number of amidine groups is 1. The predicted molar refractivity (Wildman–Crippen MR) is 93.7 cm³/mol. The molecular weight excluding hydrogens is 350 g/mol. The van der Waals surface area contributed by atoms with Crippen molar-refractivity contribution in [3.8, 4) is 0 Å². The Bertz CT molecular complexity index is 800. The summed E-state index contributed by atoms with van der Waals surface area (Å²) in [4.78, 5) is 24.2. The summed E-state index contributed by atoms with van der Waals surface area (Å²) < 4.78 is 5.08. The molecule has 1 aromatic carbocycles. The van der Waals surface area contributed by atoms with E-state index in [0.29, 0.717) is 21.5 Å². The number of hydrogen-bond acceptors (Lipinski definition) is 6. The number of nitrogens with one attached hydrogen (secondary N) is 1. The molecule has 1 fully saturated rings. The summed E-state index contributed by atoms with van der Waals surface area (Å²) in [5.74, 6) is 0.178. The van der Waals surface area contributed by atoms with Crippen molar-refractivity contribution in [1.82, 2.24) is 5.32 Å². The number of carbonyl (C=O) groups is 2. The summed E-state index contributed by atoms with van der Waals surface area (Å²) in [6.45, 7) is 0. The monoisotopic (exact) mass is 361 g/mol. The van der Waals surface area contributed by atoms with Gasteiger partial charge in [-0.2, -0.15) is 5.10 Å². The van der Waals surface area contributed by atoms with Gasteiger partial charge in [-0.3, -0.25) is 9.59 Å². The zero-order valence-electron chi connectivity index (χ0n) is 12.3. The van der Waals surface area contributed by atoms with Crippen molar-refractivity contribution in [2.24, 2.45) is 10.2 Å². The second kappa shape index (κ2) is 7.46. The number of nitrogens with zero attached hydrogens (tertiary/aromatic N) is 2. The third-order valence-electron chi connectivity index (χ3n) is 3.19. The van der Waals surface area contributed by atoms with Crippen LogP contribution in [0.25, 0.3) is 0 Å². The predicted octanol–water partition coefficient (Wildman–Crippen LogP) is 3.13. The van der Waals surface area contributed by atoms with Crippen LogP contribution in [-0.4, -0.2) is 28.3 Å². The first-order chi connectivity index (χ1) is 11.6. The maximum Gasteiger partial charge on any atom is 0.240 e. The second-order valence-corrected chi connectivity index (χ2v) is 6.52. The number of thioether (sulfide) groups is 1. The van der Waals surface area contributed by atoms with Gasteiger partial charge in [0.25, 0.3) is 0 Å². The Labute approximate surface area is 147 Å². The first kappa shape index (κ1) is 16.5. The van der Waals surface area contributed by atoms with Crippen LogP contribution in [0.3, 0.4) is 0 Å². The van der Waals surface area contributed by atoms with E-state index in [2.05, 4.69) is 15.5 Å². The molecule has 1 N–H and O–H groups in total. The van der Waals surface area contributed by atoms with Gasteiger partial charge in [0.15, 0.2) is 11.0 Å². The number of hydrogen-bond donors (Lipinski definition) is 1. The molecule has 0 saturated carbocycles. The van der Waals surface area contributed by atoms with Crippen molar-refractivity contribution in [3.63, 3.8) is 0 Å². The van der Waals surface area contributed by atoms with Crippen LogP contribution in [0.1, 0.15) is 22.5 Å². The van der Waals surface area contributed by atoms with E-state index in [9.17, 15) is 9.59 Å². The number of Topliss-reactive ketones (excluding diaryl/α,β-unsaturated/α-hetero) is 1. The van der Waals surface area contributed by atoms with E-state index < -0.39 is 5.25 Å². The van der Waals surface area contributed by atoms with Gasteiger partial charge in [-0.05, 0) is 36.4 Å². The van der Waals surface area contributed by atoms with Crippen molar-refractivity contribution in [2.75, 3.05) is 0 Å². The van der Waals surface area contributed by atoms with Gasteiger partial charge in [0.05, 0.1) is 17.7 Å². The Hall–Kier alpha value is -2.38. The topological polar surface area (TPSA) is 84.0 Å². The lowest BCUT2D eigenvalue weighted by Gasteiger charge is -2.04. The fourth-order valence-electron chi connectivity index (χ4n) is 2.01. The Morgan fingerprint density at radius 2 is 2.12 bits per heavy atom. The van der Waals surface area contributed by atoms with E-state index in [1.807, 2.05) is 0 Å². The SMILES string of the molecule is O=C(CC1S/C(=N/N=C/c2ccco2)NC1=O)c1ccc(Cl)cc1. The summed E-state index contributed by atoms with van der Waals surface area (Å²) in [7, 11) is 0. The normalized spacial score (nSPS) is 19.1. The summed E-state index contributed by atoms with van der Waals surface area (Å²) in [5, 5.41) is 10.8. The molecular formula is C16H12ClN3O3S. The summed E-state index contributed by atoms with van der Waals surface area (Å²) in [5.41, 5.74) is 0.522. The number of furan rings is 1. The standard InChI is InChI=1S/C16H12ClN3O3S/c17-11-5-3-10(4-6-11)13(21)8-14-15(22)19-16(24-14)20-18-9-12-2-1-7-23-12/h1-7,9,14H,8H2,(H,19,20,22)/b18-9+. The molecule has 8 heteroatoms. The highest BCUT2D eigenvalue weighted by Crippen LogP contribution is 2.24. The molecule has 1 saturated heterocycles. The quantitative estimate of drug-likeness (QED) is 0.503. The molecule has 1 aliphatic rings. The van der Waals surface area contributed by atoms with Crippen LogP contribution < -0.4 is 5.32 Å². The van der Waals surface area contributed by atoms with Gasteiger partial charge in [-0.1, -0.05) is 23.4 Å². The molecule has 1 aliphatic heterocycles. The van der Waals surface area contributed by atoms with E-state index in [-0.39, 0.29) is 18.1 Å². The van der Waals surface area contributed by atoms with Crippen LogP contribution in [0.4, 0.5) is 0 Å². The Kier molecular flexibility index (Phi) is 5.12. The second-order valence-electron chi connectivity index (χ2n) is 4.90. The van der Waals surface area contributed by atoms with Gasteiger partial charge in [-0.25, -0.2) is 0 Å². The van der Waals surface area contributed by atoms with Crippen LogP contribution in [0.5, 0.6) is 0 Å². The van der Waals surface area contributed by atoms with Crippen molar-refractivity contribution < 1.29 is 14.0 Å². The summed E-state index contributed by atoms with van der Waals surface area (Å²) in [6.07, 6.45) is 3.05. The van der Waals surface area contributed by atoms with Crippen molar-refractivity contribution in [2.45, 2.75) is 11.7 Å². The molecule has 0 spiro atoms. The molecule has 3 rings (SSSR count). The largest absolute Gasteiger partial charge is 0.463 e. The average Bonchev–Trinajstić information content (AvgIpc) is 3.19. The average molecular weight is 362 g/mol. The fourth-order valence-corrected chi connectivity index (χ4v) is 3.06. The van der Waals surface area contributed by atoms with Crippen LogP contribution in [0.15, 0.2) is 57.3 Å². The number of benzene rings is 1. The van der Waals surface area contributed by atoms with Crippen molar-refractivity contribution in [1.29, 1.82) is 0 Å². The lowest BCUT2D eigenvalue weighted by Crippen LogP contribution is -2.26. The fraction of sp³-hybridized carbons (Fsp3) is 0.125. The number of rotatable bonds is 5. The van der Waals surface area contributed by atoms with Gasteiger partial charge in [0.1, 0.15) is 5.76 Å². The molecule has 2 heterocycles. The highest BCUT2D eigenvalue weighted by Gasteiger charge is 2.32. The molecule has 0 radical (unpaired) electrons. The van der Waals surface area contributed by atoms with Gasteiger partial charge in [0, 0.05) is 17.0 Å². The van der Waals surface area contributed by atoms with Crippen molar-refractivity contribution in [3.05, 3.63) is 59.0 Å². The molecule has 2 aromatic rings. The minimum Gasteiger partial charge on any atom is -0.463 e. The molecule has 122 valence electrons. The number of halogens is 1. The van der Waals surface area contributed by atoms with Crippen LogP contribution in [0, 0.1) is 0 Å². The highest BCUT2D eigenvalue weighted by atomic mass is 35.5. The molecule has 0 bridgehead atoms. The maximum absolute atomic E-state index is 12.2. The molecule has 1 aromatic heterocycles. The highest BCUT2D eigenvalue weighted by molar-refractivity contribution is 8.15. The summed E-state index contributed by atoms with van der Waals surface area (Å²) in [6, 6.07) is 10.0. The molecule has 1 atom stereocenters. The number of ketones is 1. The van der Waals surface area contributed by atoms with Crippen LogP contribution in [0.2, 0.25) is 5.02 Å². The minimum atomic E-state index is -0.522. The molecule has 24 heavy (non-hydrogen) atoms. The van der Waals surface area contributed by atoms with Gasteiger partial charge in [0.2, 0.25) is 5.91 Å². The zero-order valence-corrected chi connectivity index (χ0v) is 13.9. The molecule has 0 aliphatic carbocycles. The smallest absolute Gasteiger partial charge is 0.240 e. The molecule has 1 amide bonds. The van der Waals surface area contributed by atoms with E-state index in [4.69, 9.17) is 16.0 Å².